The molecule has 1 saturated heterocycles. The number of anilines is 5. The third-order valence-electron chi connectivity index (χ3n) is 6.41. The normalized spacial score (nSPS) is 16.4. The van der Waals surface area contributed by atoms with Gasteiger partial charge in [-0.15, -0.1) is 0 Å². The highest BCUT2D eigenvalue weighted by atomic mass is 16.1. The molecule has 0 radical (unpaired) electrons. The molecular formula is C24H31N7O2. The number of carbonyl (C=O) groups is 2. The number of nitrogens with one attached hydrogen (secondary N) is 2. The molecule has 0 atom stereocenters. The summed E-state index contributed by atoms with van der Waals surface area (Å²) in [5.74, 6) is 0.693. The van der Waals surface area contributed by atoms with Gasteiger partial charge in [-0.05, 0) is 57.0 Å². The maximum absolute atomic E-state index is 12.1. The molecule has 9 heteroatoms. The third kappa shape index (κ3) is 5.48. The third-order valence-corrected chi connectivity index (χ3v) is 6.41. The Bertz CT molecular complexity index is 1020. The first-order valence-corrected chi connectivity index (χ1v) is 11.3. The predicted octanol–water partition coefficient (Wildman–Crippen LogP) is 3.00. The minimum absolute atomic E-state index is 0.288. The lowest BCUT2D eigenvalue weighted by atomic mass is 10.0. The highest BCUT2D eigenvalue weighted by molar-refractivity contribution is 6.02. The average Bonchev–Trinajstić information content (AvgIpc) is 3.70. The SMILES string of the molecule is C=CC(=O)Nc1cc(N2CCC(N(C)C3CC3)CC2)ccc1Nc1cc(N(C)C=O)ncn1. The van der Waals surface area contributed by atoms with Crippen molar-refractivity contribution in [2.45, 2.75) is 37.8 Å². The Kier molecular flexibility index (Phi) is 6.88. The average molecular weight is 450 g/mol. The van der Waals surface area contributed by atoms with Crippen LogP contribution in [0.1, 0.15) is 25.7 Å². The van der Waals surface area contributed by atoms with Gasteiger partial charge in [-0.2, -0.15) is 0 Å². The number of amides is 2. The van der Waals surface area contributed by atoms with Gasteiger partial charge in [0.25, 0.3) is 0 Å². The lowest BCUT2D eigenvalue weighted by Gasteiger charge is -2.38. The Morgan fingerprint density at radius 1 is 1.09 bits per heavy atom. The maximum Gasteiger partial charge on any atom is 0.247 e. The summed E-state index contributed by atoms with van der Waals surface area (Å²) in [7, 11) is 3.88. The van der Waals surface area contributed by atoms with Crippen molar-refractivity contribution < 1.29 is 9.59 Å². The van der Waals surface area contributed by atoms with Crippen molar-refractivity contribution in [2.24, 2.45) is 0 Å². The molecule has 0 unspecified atom stereocenters. The molecule has 2 fully saturated rings. The smallest absolute Gasteiger partial charge is 0.247 e. The van der Waals surface area contributed by atoms with Gasteiger partial charge in [0.05, 0.1) is 11.4 Å². The summed E-state index contributed by atoms with van der Waals surface area (Å²) in [4.78, 5) is 37.8. The molecule has 2 heterocycles. The summed E-state index contributed by atoms with van der Waals surface area (Å²) in [5, 5.41) is 6.12. The molecule has 1 aliphatic heterocycles. The summed E-state index contributed by atoms with van der Waals surface area (Å²) in [6, 6.07) is 9.06. The second-order valence-corrected chi connectivity index (χ2v) is 8.64. The molecule has 1 aromatic carbocycles. The fraction of sp³-hybridized carbons (Fsp3) is 0.417. The highest BCUT2D eigenvalue weighted by Gasteiger charge is 2.32. The molecule has 0 spiro atoms. The molecule has 1 aliphatic carbocycles. The van der Waals surface area contributed by atoms with Crippen molar-refractivity contribution in [2.75, 3.05) is 47.6 Å². The van der Waals surface area contributed by atoms with Gasteiger partial charge in [-0.3, -0.25) is 9.59 Å². The van der Waals surface area contributed by atoms with Crippen molar-refractivity contribution in [3.05, 3.63) is 43.2 Å². The van der Waals surface area contributed by atoms with E-state index in [2.05, 4.69) is 50.1 Å². The predicted molar refractivity (Wildman–Crippen MR) is 131 cm³/mol. The van der Waals surface area contributed by atoms with Crippen LogP contribution in [0.15, 0.2) is 43.2 Å². The van der Waals surface area contributed by atoms with Crippen LogP contribution in [0.2, 0.25) is 0 Å². The van der Waals surface area contributed by atoms with Gasteiger partial charge in [0, 0.05) is 44.0 Å². The Hall–Kier alpha value is -3.46. The molecule has 4 rings (SSSR count). The number of hydrogen-bond donors (Lipinski definition) is 2. The molecule has 9 nitrogen and oxygen atoms in total. The second-order valence-electron chi connectivity index (χ2n) is 8.64. The number of hydrogen-bond acceptors (Lipinski definition) is 7. The fourth-order valence-electron chi connectivity index (χ4n) is 4.24. The van der Waals surface area contributed by atoms with Crippen molar-refractivity contribution in [1.82, 2.24) is 14.9 Å². The van der Waals surface area contributed by atoms with Crippen LogP contribution < -0.4 is 20.4 Å². The van der Waals surface area contributed by atoms with Crippen LogP contribution >= 0.6 is 0 Å². The number of rotatable bonds is 9. The lowest BCUT2D eigenvalue weighted by Crippen LogP contribution is -2.44. The van der Waals surface area contributed by atoms with Gasteiger partial charge >= 0.3 is 0 Å². The minimum Gasteiger partial charge on any atom is -0.371 e. The molecule has 174 valence electrons. The summed E-state index contributed by atoms with van der Waals surface area (Å²) < 4.78 is 0. The van der Waals surface area contributed by atoms with Crippen molar-refractivity contribution in [3.63, 3.8) is 0 Å². The van der Waals surface area contributed by atoms with Crippen LogP contribution in [0.5, 0.6) is 0 Å². The highest BCUT2D eigenvalue weighted by Crippen LogP contribution is 2.34. The van der Waals surface area contributed by atoms with E-state index in [0.717, 1.165) is 37.7 Å². The fourth-order valence-corrected chi connectivity index (χ4v) is 4.24. The Labute approximate surface area is 194 Å². The quantitative estimate of drug-likeness (QED) is 0.449. The van der Waals surface area contributed by atoms with E-state index in [9.17, 15) is 9.59 Å². The molecule has 2 aromatic rings. The number of nitrogens with zero attached hydrogens (tertiary/aromatic N) is 5. The Balaban J connectivity index is 1.51. The minimum atomic E-state index is -0.288. The van der Waals surface area contributed by atoms with E-state index in [0.29, 0.717) is 35.5 Å². The number of piperidine rings is 1. The Morgan fingerprint density at radius 3 is 2.48 bits per heavy atom. The summed E-state index contributed by atoms with van der Waals surface area (Å²) in [5.41, 5.74) is 2.39. The largest absolute Gasteiger partial charge is 0.371 e. The van der Waals surface area contributed by atoms with Crippen LogP contribution in [-0.2, 0) is 9.59 Å². The first-order chi connectivity index (χ1) is 16.0. The molecule has 1 saturated carbocycles. The number of benzene rings is 1. The van der Waals surface area contributed by atoms with Gasteiger partial charge in [0.15, 0.2) is 0 Å². The van der Waals surface area contributed by atoms with Crippen molar-refractivity contribution in [3.8, 4) is 0 Å². The molecule has 2 amide bonds. The van der Waals surface area contributed by atoms with E-state index in [4.69, 9.17) is 0 Å². The number of carbonyl (C=O) groups excluding carboxylic acids is 2. The summed E-state index contributed by atoms with van der Waals surface area (Å²) in [6.45, 7) is 5.53. The van der Waals surface area contributed by atoms with Gasteiger partial charge in [0.1, 0.15) is 18.0 Å². The Morgan fingerprint density at radius 2 is 1.82 bits per heavy atom. The van der Waals surface area contributed by atoms with Crippen molar-refractivity contribution >= 4 is 41.0 Å². The topological polar surface area (TPSA) is 93.7 Å². The lowest BCUT2D eigenvalue weighted by molar-refractivity contribution is -0.112. The monoisotopic (exact) mass is 449 g/mol. The molecule has 2 aliphatic rings. The van der Waals surface area contributed by atoms with Gasteiger partial charge < -0.3 is 25.3 Å². The zero-order valence-electron chi connectivity index (χ0n) is 19.2. The number of aromatic nitrogens is 2. The van der Waals surface area contributed by atoms with E-state index in [1.54, 1.807) is 13.1 Å². The molecule has 2 N–H and O–H groups in total. The van der Waals surface area contributed by atoms with Crippen LogP contribution in [0.3, 0.4) is 0 Å². The first kappa shape index (κ1) is 22.7. The zero-order valence-corrected chi connectivity index (χ0v) is 19.2. The molecule has 0 bridgehead atoms. The maximum atomic E-state index is 12.1. The van der Waals surface area contributed by atoms with E-state index in [-0.39, 0.29) is 5.91 Å². The van der Waals surface area contributed by atoms with Gasteiger partial charge in [-0.1, -0.05) is 6.58 Å². The summed E-state index contributed by atoms with van der Waals surface area (Å²) in [6.07, 6.45) is 8.24. The van der Waals surface area contributed by atoms with E-state index < -0.39 is 0 Å². The standard InChI is InChI=1S/C24H31N7O2/c1-4-24(33)28-21-13-19(31-11-9-18(10-12-31)30(3)17-5-6-17)7-8-20(21)27-22-14-23(26-15-25-22)29(2)16-32/h4,7-8,13-18H,1,5-6,9-12H2,2-3H3,(H,28,33)(H,25,26,27). The van der Waals surface area contributed by atoms with Crippen molar-refractivity contribution in [1.29, 1.82) is 0 Å². The van der Waals surface area contributed by atoms with Crippen LogP contribution in [0, 0.1) is 0 Å². The van der Waals surface area contributed by atoms with Gasteiger partial charge in [-0.25, -0.2) is 9.97 Å². The first-order valence-electron chi connectivity index (χ1n) is 11.3. The molecular weight excluding hydrogens is 418 g/mol. The van der Waals surface area contributed by atoms with Crippen LogP contribution in [-0.4, -0.2) is 66.5 Å². The van der Waals surface area contributed by atoms with Crippen LogP contribution in [0.25, 0.3) is 0 Å². The second kappa shape index (κ2) is 9.99. The van der Waals surface area contributed by atoms with E-state index in [1.165, 1.54) is 30.1 Å². The summed E-state index contributed by atoms with van der Waals surface area (Å²) >= 11 is 0. The zero-order chi connectivity index (χ0) is 23.4. The molecule has 33 heavy (non-hydrogen) atoms. The van der Waals surface area contributed by atoms with E-state index >= 15 is 0 Å². The van der Waals surface area contributed by atoms with Crippen LogP contribution in [0.4, 0.5) is 28.7 Å². The van der Waals surface area contributed by atoms with E-state index in [1.807, 2.05) is 12.1 Å². The van der Waals surface area contributed by atoms with Gasteiger partial charge in [0.2, 0.25) is 12.3 Å². The molecule has 1 aromatic heterocycles.